The van der Waals surface area contributed by atoms with Crippen molar-refractivity contribution in [1.29, 1.82) is 0 Å². The molecule has 0 aliphatic carbocycles. The number of aryl methyl sites for hydroxylation is 1. The van der Waals surface area contributed by atoms with E-state index in [1.165, 1.54) is 0 Å². The van der Waals surface area contributed by atoms with E-state index in [1.807, 2.05) is 0 Å². The largest absolute Gasteiger partial charge is 0.396 e. The molecule has 0 aliphatic heterocycles. The molecule has 0 saturated carbocycles. The Kier molecular flexibility index (Phi) is 6.35. The van der Waals surface area contributed by atoms with Crippen LogP contribution in [0.3, 0.4) is 0 Å². The topological polar surface area (TPSA) is 82.1 Å². The molecule has 1 aromatic heterocycles. The van der Waals surface area contributed by atoms with Gasteiger partial charge < -0.3 is 10.0 Å². The summed E-state index contributed by atoms with van der Waals surface area (Å²) in [6.45, 7) is 2.92. The van der Waals surface area contributed by atoms with Crippen molar-refractivity contribution in [1.82, 2.24) is 20.1 Å². The van der Waals surface area contributed by atoms with E-state index < -0.39 is 0 Å². The molecule has 0 saturated heterocycles. The van der Waals surface area contributed by atoms with Crippen molar-refractivity contribution in [2.24, 2.45) is 0 Å². The first kappa shape index (κ1) is 14.6. The van der Waals surface area contributed by atoms with Gasteiger partial charge in [0.1, 0.15) is 5.82 Å². The fourth-order valence-corrected chi connectivity index (χ4v) is 1.65. The molecule has 6 heteroatoms. The van der Waals surface area contributed by atoms with E-state index in [2.05, 4.69) is 22.1 Å². The summed E-state index contributed by atoms with van der Waals surface area (Å²) in [5.41, 5.74) is 0. The standard InChI is InChI=1S/C12H22N4O2/c1-3-7-10-13-11(15-14-10)12(18)16(2)8-5-4-6-9-17/h17H,3-9H2,1-2H3,(H,13,14,15). The van der Waals surface area contributed by atoms with Crippen molar-refractivity contribution < 1.29 is 9.90 Å². The summed E-state index contributed by atoms with van der Waals surface area (Å²) in [6, 6.07) is 0. The molecule has 102 valence electrons. The summed E-state index contributed by atoms with van der Waals surface area (Å²) < 4.78 is 0. The number of carbonyl (C=O) groups excluding carboxylic acids is 1. The number of aliphatic hydroxyl groups is 1. The van der Waals surface area contributed by atoms with Crippen molar-refractivity contribution in [3.05, 3.63) is 11.6 Å². The van der Waals surface area contributed by atoms with Crippen LogP contribution in [0.25, 0.3) is 0 Å². The molecular formula is C12H22N4O2. The predicted octanol–water partition coefficient (Wildman–Crippen LogP) is 0.992. The lowest BCUT2D eigenvalue weighted by Gasteiger charge is -2.14. The molecule has 1 heterocycles. The average molecular weight is 254 g/mol. The Morgan fingerprint density at radius 3 is 2.83 bits per heavy atom. The number of H-pyrrole nitrogens is 1. The fraction of sp³-hybridized carbons (Fsp3) is 0.750. The lowest BCUT2D eigenvalue weighted by atomic mass is 10.2. The molecule has 1 aromatic rings. The van der Waals surface area contributed by atoms with E-state index in [-0.39, 0.29) is 18.3 Å². The number of unbranched alkanes of at least 4 members (excludes halogenated alkanes) is 2. The quantitative estimate of drug-likeness (QED) is 0.678. The molecule has 0 aromatic carbocycles. The van der Waals surface area contributed by atoms with Crippen LogP contribution >= 0.6 is 0 Å². The number of hydrogen-bond donors (Lipinski definition) is 2. The number of carbonyl (C=O) groups is 1. The molecule has 1 amide bonds. The molecule has 0 atom stereocenters. The third-order valence-electron chi connectivity index (χ3n) is 2.71. The van der Waals surface area contributed by atoms with Crippen molar-refractivity contribution in [3.63, 3.8) is 0 Å². The highest BCUT2D eigenvalue weighted by Gasteiger charge is 2.16. The number of hydrogen-bond acceptors (Lipinski definition) is 4. The van der Waals surface area contributed by atoms with Gasteiger partial charge in [-0.15, -0.1) is 5.10 Å². The van der Waals surface area contributed by atoms with E-state index in [0.717, 1.165) is 37.9 Å². The number of nitrogens with one attached hydrogen (secondary N) is 1. The Labute approximate surface area is 107 Å². The summed E-state index contributed by atoms with van der Waals surface area (Å²) in [7, 11) is 1.75. The Morgan fingerprint density at radius 2 is 2.17 bits per heavy atom. The molecule has 0 radical (unpaired) electrons. The minimum Gasteiger partial charge on any atom is -0.396 e. The lowest BCUT2D eigenvalue weighted by molar-refractivity contribution is 0.0780. The van der Waals surface area contributed by atoms with Crippen molar-refractivity contribution >= 4 is 5.91 Å². The van der Waals surface area contributed by atoms with Gasteiger partial charge in [-0.25, -0.2) is 4.98 Å². The van der Waals surface area contributed by atoms with Crippen LogP contribution in [0.5, 0.6) is 0 Å². The number of nitrogens with zero attached hydrogens (tertiary/aromatic N) is 3. The molecule has 1 rings (SSSR count). The van der Waals surface area contributed by atoms with Gasteiger partial charge in [-0.05, 0) is 25.7 Å². The second-order valence-electron chi connectivity index (χ2n) is 4.37. The molecule has 0 unspecified atom stereocenters. The van der Waals surface area contributed by atoms with Gasteiger partial charge in [0.15, 0.2) is 0 Å². The summed E-state index contributed by atoms with van der Waals surface area (Å²) in [5.74, 6) is 0.843. The summed E-state index contributed by atoms with van der Waals surface area (Å²) in [5, 5.41) is 15.4. The van der Waals surface area contributed by atoms with Gasteiger partial charge in [-0.1, -0.05) is 6.92 Å². The Morgan fingerprint density at radius 1 is 1.39 bits per heavy atom. The zero-order valence-corrected chi connectivity index (χ0v) is 11.1. The minimum atomic E-state index is -0.155. The third kappa shape index (κ3) is 4.44. The summed E-state index contributed by atoms with van der Waals surface area (Å²) >= 11 is 0. The maximum atomic E-state index is 12.0. The van der Waals surface area contributed by atoms with Crippen LogP contribution in [0.1, 0.15) is 49.1 Å². The zero-order valence-electron chi connectivity index (χ0n) is 11.1. The summed E-state index contributed by atoms with van der Waals surface area (Å²) in [6.07, 6.45) is 4.36. The second-order valence-corrected chi connectivity index (χ2v) is 4.37. The summed E-state index contributed by atoms with van der Waals surface area (Å²) in [4.78, 5) is 17.7. The van der Waals surface area contributed by atoms with Crippen LogP contribution in [0, 0.1) is 0 Å². The van der Waals surface area contributed by atoms with Crippen LogP contribution in [0.2, 0.25) is 0 Å². The monoisotopic (exact) mass is 254 g/mol. The fourth-order valence-electron chi connectivity index (χ4n) is 1.65. The normalized spacial score (nSPS) is 10.6. The van der Waals surface area contributed by atoms with Crippen molar-refractivity contribution in [3.8, 4) is 0 Å². The van der Waals surface area contributed by atoms with Gasteiger partial charge in [0, 0.05) is 26.6 Å². The number of aliphatic hydroxyl groups excluding tert-OH is 1. The highest BCUT2D eigenvalue weighted by atomic mass is 16.2. The molecule has 0 spiro atoms. The first-order valence-electron chi connectivity index (χ1n) is 6.46. The third-order valence-corrected chi connectivity index (χ3v) is 2.71. The van der Waals surface area contributed by atoms with E-state index in [0.29, 0.717) is 6.54 Å². The smallest absolute Gasteiger partial charge is 0.293 e. The first-order chi connectivity index (χ1) is 8.69. The number of aromatic nitrogens is 3. The lowest BCUT2D eigenvalue weighted by Crippen LogP contribution is -2.28. The van der Waals surface area contributed by atoms with Gasteiger partial charge in [0.25, 0.3) is 5.91 Å². The van der Waals surface area contributed by atoms with Gasteiger partial charge in [0.2, 0.25) is 5.82 Å². The van der Waals surface area contributed by atoms with Crippen molar-refractivity contribution in [2.75, 3.05) is 20.2 Å². The van der Waals surface area contributed by atoms with Gasteiger partial charge >= 0.3 is 0 Å². The van der Waals surface area contributed by atoms with Crippen LogP contribution in [0.15, 0.2) is 0 Å². The van der Waals surface area contributed by atoms with Crippen molar-refractivity contribution in [2.45, 2.75) is 39.0 Å². The van der Waals surface area contributed by atoms with Crippen LogP contribution in [0.4, 0.5) is 0 Å². The molecular weight excluding hydrogens is 232 g/mol. The van der Waals surface area contributed by atoms with E-state index in [1.54, 1.807) is 11.9 Å². The zero-order chi connectivity index (χ0) is 13.4. The average Bonchev–Trinajstić information content (AvgIpc) is 2.82. The van der Waals surface area contributed by atoms with E-state index in [4.69, 9.17) is 5.11 Å². The van der Waals surface area contributed by atoms with Gasteiger partial charge in [-0.3, -0.25) is 9.89 Å². The van der Waals surface area contributed by atoms with Crippen LogP contribution in [-0.4, -0.2) is 51.3 Å². The first-order valence-corrected chi connectivity index (χ1v) is 6.46. The Bertz CT molecular complexity index is 365. The molecule has 6 nitrogen and oxygen atoms in total. The van der Waals surface area contributed by atoms with E-state index in [9.17, 15) is 4.79 Å². The maximum absolute atomic E-state index is 12.0. The van der Waals surface area contributed by atoms with Gasteiger partial charge in [0.05, 0.1) is 0 Å². The highest BCUT2D eigenvalue weighted by Crippen LogP contribution is 2.02. The van der Waals surface area contributed by atoms with Crippen LogP contribution in [-0.2, 0) is 6.42 Å². The molecule has 0 aliphatic rings. The molecule has 18 heavy (non-hydrogen) atoms. The minimum absolute atomic E-state index is 0.155. The number of aromatic amines is 1. The Balaban J connectivity index is 2.41. The maximum Gasteiger partial charge on any atom is 0.293 e. The number of rotatable bonds is 8. The van der Waals surface area contributed by atoms with Gasteiger partial charge in [-0.2, -0.15) is 0 Å². The molecule has 0 fully saturated rings. The predicted molar refractivity (Wildman–Crippen MR) is 68.3 cm³/mol. The highest BCUT2D eigenvalue weighted by molar-refractivity contribution is 5.90. The Hall–Kier alpha value is -1.43. The second kappa shape index (κ2) is 7.81. The number of amides is 1. The molecule has 2 N–H and O–H groups in total. The van der Waals surface area contributed by atoms with E-state index >= 15 is 0 Å². The SMILES string of the molecule is CCCc1nc(C(=O)N(C)CCCCCO)n[nH]1. The van der Waals surface area contributed by atoms with Crippen LogP contribution < -0.4 is 0 Å². The molecule has 0 bridgehead atoms.